The second-order valence-corrected chi connectivity index (χ2v) is 21.9. The highest BCUT2D eigenvalue weighted by Crippen LogP contribution is 2.20. The van der Waals surface area contributed by atoms with Crippen molar-refractivity contribution in [3.05, 3.63) is 0 Å². The molecule has 0 N–H and O–H groups in total. The van der Waals surface area contributed by atoms with Crippen molar-refractivity contribution in [3.8, 4) is 0 Å². The van der Waals surface area contributed by atoms with Crippen LogP contribution in [-0.4, -0.2) is 92.3 Å². The first-order valence-electron chi connectivity index (χ1n) is 9.71. The molecule has 1 heterocycles. The van der Waals surface area contributed by atoms with E-state index in [-0.39, 0.29) is 16.0 Å². The molecule has 1 fully saturated rings. The van der Waals surface area contributed by atoms with Crippen LogP contribution < -0.4 is 0 Å². The first kappa shape index (κ1) is 27.3. The van der Waals surface area contributed by atoms with Gasteiger partial charge < -0.3 is 35.1 Å². The molecule has 14 heteroatoms. The van der Waals surface area contributed by atoms with Crippen molar-refractivity contribution in [2.45, 2.75) is 50.9 Å². The summed E-state index contributed by atoms with van der Waals surface area (Å²) in [6.07, 6.45) is 2.86. The van der Waals surface area contributed by atoms with E-state index in [1.54, 1.807) is 21.3 Å². The minimum Gasteiger partial charge on any atom is -0.466 e. The van der Waals surface area contributed by atoms with Crippen LogP contribution in [-0.2, 0) is 39.9 Å². The number of carbonyl (C=O) groups is 1. The zero-order valence-electron chi connectivity index (χ0n) is 18.1. The van der Waals surface area contributed by atoms with Crippen LogP contribution in [0.1, 0.15) is 25.7 Å². The molecule has 1 atom stereocenters. The van der Waals surface area contributed by atoms with Crippen LogP contribution in [0, 0.1) is 0 Å². The Morgan fingerprint density at radius 3 is 2.59 bits per heavy atom. The predicted molar refractivity (Wildman–Crippen MR) is 116 cm³/mol. The fourth-order valence-electron chi connectivity index (χ4n) is 2.67. The number of carbonyl (C=O) groups excluding carboxylic acids is 1. The van der Waals surface area contributed by atoms with E-state index in [0.29, 0.717) is 44.8 Å². The van der Waals surface area contributed by atoms with Gasteiger partial charge in [0.1, 0.15) is 0 Å². The van der Waals surface area contributed by atoms with Crippen molar-refractivity contribution in [2.24, 2.45) is 0 Å². The SMILES string of the molecule is CO[Si](CCCOC(=O)CC[Si]1(C)OCCCCO[SiH]O[Si]O[Si]1C)(OC)OC. The highest BCUT2D eigenvalue weighted by Gasteiger charge is 2.40. The fraction of sp³-hybridized carbons (Fsp3) is 0.933. The molecule has 0 aromatic rings. The number of esters is 1. The maximum Gasteiger partial charge on any atom is 0.500 e. The van der Waals surface area contributed by atoms with E-state index >= 15 is 0 Å². The Balaban J connectivity index is 2.42. The molecular formula is C15H34O9Si5. The molecule has 0 aromatic carbocycles. The van der Waals surface area contributed by atoms with Gasteiger partial charge in [-0.05, 0) is 38.4 Å². The Bertz CT molecular complexity index is 450. The van der Waals surface area contributed by atoms with E-state index in [9.17, 15) is 4.79 Å². The van der Waals surface area contributed by atoms with E-state index in [2.05, 4.69) is 13.1 Å². The van der Waals surface area contributed by atoms with Crippen molar-refractivity contribution in [3.63, 3.8) is 0 Å². The maximum absolute atomic E-state index is 12.2. The molecule has 1 aliphatic rings. The molecule has 0 aromatic heterocycles. The summed E-state index contributed by atoms with van der Waals surface area (Å²) >= 11 is 0. The summed E-state index contributed by atoms with van der Waals surface area (Å²) in [4.78, 5) is 12.2. The van der Waals surface area contributed by atoms with E-state index in [0.717, 1.165) is 12.8 Å². The Morgan fingerprint density at radius 1 is 1.21 bits per heavy atom. The summed E-state index contributed by atoms with van der Waals surface area (Å²) in [5.41, 5.74) is 0. The minimum absolute atomic E-state index is 0.0183. The van der Waals surface area contributed by atoms with Crippen LogP contribution in [0.3, 0.4) is 0 Å². The predicted octanol–water partition coefficient (Wildman–Crippen LogP) is 1.12. The monoisotopic (exact) mass is 498 g/mol. The van der Waals surface area contributed by atoms with Gasteiger partial charge in [0.25, 0.3) is 0 Å². The van der Waals surface area contributed by atoms with E-state index in [1.807, 2.05) is 0 Å². The fourth-order valence-corrected chi connectivity index (χ4v) is 13.7. The lowest BCUT2D eigenvalue weighted by atomic mass is 10.3. The van der Waals surface area contributed by atoms with Gasteiger partial charge in [0.2, 0.25) is 16.4 Å². The van der Waals surface area contributed by atoms with Gasteiger partial charge in [-0.1, -0.05) is 0 Å². The largest absolute Gasteiger partial charge is 0.500 e. The Kier molecular flexibility index (Phi) is 14.3. The zero-order valence-corrected chi connectivity index (χ0v) is 23.3. The maximum atomic E-state index is 12.2. The number of hydrogen-bond donors (Lipinski definition) is 0. The molecule has 0 saturated carbocycles. The summed E-state index contributed by atoms with van der Waals surface area (Å²) in [6.45, 7) is 5.96. The van der Waals surface area contributed by atoms with E-state index < -0.39 is 35.2 Å². The van der Waals surface area contributed by atoms with Gasteiger partial charge in [0.15, 0.2) is 0 Å². The van der Waals surface area contributed by atoms with Crippen LogP contribution in [0.4, 0.5) is 0 Å². The third-order valence-corrected chi connectivity index (χ3v) is 20.4. The molecule has 1 unspecified atom stereocenters. The molecule has 0 bridgehead atoms. The first-order valence-corrected chi connectivity index (χ1v) is 18.9. The molecule has 1 rings (SSSR count). The summed E-state index contributed by atoms with van der Waals surface area (Å²) in [7, 11) is -1.72. The molecule has 4 radical (unpaired) electrons. The summed E-state index contributed by atoms with van der Waals surface area (Å²) < 4.78 is 44.6. The van der Waals surface area contributed by atoms with Gasteiger partial charge >= 0.3 is 34.8 Å². The summed E-state index contributed by atoms with van der Waals surface area (Å²) in [5.74, 6) is -0.209. The quantitative estimate of drug-likeness (QED) is 0.250. The number of rotatable bonds is 10. The third-order valence-electron chi connectivity index (χ3n) is 4.81. The Hall–Kier alpha value is 0.274. The topological polar surface area (TPSA) is 90.9 Å². The smallest absolute Gasteiger partial charge is 0.466 e. The molecule has 9 nitrogen and oxygen atoms in total. The standard InChI is InChI=1S/C15H34O9Si5/c1-17-29(18-2,19-3)13-8-10-20-15(16)9-14-28(5)22-12-7-6-11-21-25-23-26-24-27(28)4/h25H,6-14H2,1-5H3. The minimum atomic E-state index is -2.62. The average Bonchev–Trinajstić information content (AvgIpc) is 2.73. The van der Waals surface area contributed by atoms with Gasteiger partial charge in [0, 0.05) is 47.0 Å². The van der Waals surface area contributed by atoms with Crippen LogP contribution in [0.5, 0.6) is 0 Å². The van der Waals surface area contributed by atoms with Crippen LogP contribution in [0.25, 0.3) is 0 Å². The van der Waals surface area contributed by atoms with Gasteiger partial charge in [0.05, 0.1) is 6.61 Å². The molecule has 0 aliphatic carbocycles. The number of hydrogen-bond acceptors (Lipinski definition) is 9. The lowest BCUT2D eigenvalue weighted by molar-refractivity contribution is -0.143. The lowest BCUT2D eigenvalue weighted by Gasteiger charge is -2.31. The lowest BCUT2D eigenvalue weighted by Crippen LogP contribution is -2.52. The highest BCUT2D eigenvalue weighted by molar-refractivity contribution is 7.27. The zero-order chi connectivity index (χ0) is 21.6. The summed E-state index contributed by atoms with van der Waals surface area (Å²) in [5, 5.41) is 0. The Morgan fingerprint density at radius 2 is 1.90 bits per heavy atom. The molecule has 168 valence electrons. The van der Waals surface area contributed by atoms with Gasteiger partial charge in [-0.15, -0.1) is 0 Å². The van der Waals surface area contributed by atoms with E-state index in [4.69, 9.17) is 35.1 Å². The van der Waals surface area contributed by atoms with Gasteiger partial charge in [-0.2, -0.15) is 0 Å². The number of ether oxygens (including phenoxy) is 1. The van der Waals surface area contributed by atoms with Crippen molar-refractivity contribution < 1.29 is 39.9 Å². The Labute approximate surface area is 183 Å². The van der Waals surface area contributed by atoms with Gasteiger partial charge in [-0.25, -0.2) is 0 Å². The second kappa shape index (κ2) is 15.1. The summed E-state index contributed by atoms with van der Waals surface area (Å²) in [6, 6.07) is 1.29. The highest BCUT2D eigenvalue weighted by atomic mass is 29.3. The molecular weight excluding hydrogens is 465 g/mol. The molecule has 29 heavy (non-hydrogen) atoms. The van der Waals surface area contributed by atoms with Gasteiger partial charge in [-0.3, -0.25) is 4.79 Å². The second-order valence-electron chi connectivity index (χ2n) is 6.73. The third kappa shape index (κ3) is 10.4. The molecule has 1 saturated heterocycles. The average molecular weight is 499 g/mol. The molecule has 0 amide bonds. The normalized spacial score (nSPS) is 23.2. The van der Waals surface area contributed by atoms with Crippen molar-refractivity contribution in [2.75, 3.05) is 41.2 Å². The van der Waals surface area contributed by atoms with Crippen LogP contribution >= 0.6 is 0 Å². The van der Waals surface area contributed by atoms with Crippen molar-refractivity contribution >= 4 is 51.2 Å². The van der Waals surface area contributed by atoms with Crippen LogP contribution in [0.15, 0.2) is 0 Å². The van der Waals surface area contributed by atoms with E-state index in [1.165, 1.54) is 0 Å². The molecule has 1 aliphatic heterocycles. The van der Waals surface area contributed by atoms with Crippen LogP contribution in [0.2, 0.25) is 25.2 Å². The van der Waals surface area contributed by atoms with Crippen molar-refractivity contribution in [1.29, 1.82) is 0 Å². The molecule has 0 spiro atoms. The van der Waals surface area contributed by atoms with Crippen molar-refractivity contribution in [1.82, 2.24) is 0 Å². The first-order chi connectivity index (χ1) is 13.9.